The Bertz CT molecular complexity index is 762. The fourth-order valence-corrected chi connectivity index (χ4v) is 2.61. The molecule has 0 saturated heterocycles. The van der Waals surface area contributed by atoms with Gasteiger partial charge in [0.25, 0.3) is 0 Å². The summed E-state index contributed by atoms with van der Waals surface area (Å²) in [6.45, 7) is 5.03. The van der Waals surface area contributed by atoms with Crippen LogP contribution in [0.2, 0.25) is 0 Å². The van der Waals surface area contributed by atoms with Crippen LogP contribution in [0.1, 0.15) is 23.7 Å². The summed E-state index contributed by atoms with van der Waals surface area (Å²) in [7, 11) is 0. The fraction of sp³-hybridized carbons (Fsp3) is 0.333. The normalized spacial score (nSPS) is 13.0. The van der Waals surface area contributed by atoms with E-state index >= 15 is 0 Å². The minimum Gasteiger partial charge on any atom is -0.325 e. The van der Waals surface area contributed by atoms with Crippen LogP contribution in [0.15, 0.2) is 30.6 Å². The predicted octanol–water partition coefficient (Wildman–Crippen LogP) is 3.68. The zero-order chi connectivity index (χ0) is 15.0. The number of aromatic nitrogens is 4. The molecule has 0 amide bonds. The Kier molecular flexibility index (Phi) is 3.68. The molecule has 1 atom stereocenters. The molecule has 0 bridgehead atoms. The van der Waals surface area contributed by atoms with Gasteiger partial charge in [0, 0.05) is 25.0 Å². The van der Waals surface area contributed by atoms with E-state index in [2.05, 4.69) is 10.1 Å². The van der Waals surface area contributed by atoms with Crippen molar-refractivity contribution in [1.82, 2.24) is 19.3 Å². The number of alkyl halides is 1. The van der Waals surface area contributed by atoms with Crippen LogP contribution in [0.5, 0.6) is 0 Å². The van der Waals surface area contributed by atoms with Crippen molar-refractivity contribution in [3.63, 3.8) is 0 Å². The van der Waals surface area contributed by atoms with E-state index in [0.29, 0.717) is 24.2 Å². The zero-order valence-corrected chi connectivity index (χ0v) is 12.7. The number of hydrogen-bond donors (Lipinski definition) is 0. The summed E-state index contributed by atoms with van der Waals surface area (Å²) in [4.78, 5) is 4.48. The van der Waals surface area contributed by atoms with Crippen LogP contribution in [0.3, 0.4) is 0 Å². The van der Waals surface area contributed by atoms with Crippen molar-refractivity contribution in [2.45, 2.75) is 32.3 Å². The number of benzene rings is 1. The van der Waals surface area contributed by atoms with E-state index in [9.17, 15) is 4.39 Å². The van der Waals surface area contributed by atoms with Crippen LogP contribution >= 0.6 is 11.6 Å². The highest BCUT2D eigenvalue weighted by Crippen LogP contribution is 2.26. The Morgan fingerprint density at radius 3 is 2.81 bits per heavy atom. The molecule has 0 aliphatic rings. The molecule has 4 nitrogen and oxygen atoms in total. The van der Waals surface area contributed by atoms with Crippen LogP contribution in [-0.4, -0.2) is 19.3 Å². The van der Waals surface area contributed by atoms with E-state index in [1.807, 2.05) is 34.5 Å². The summed E-state index contributed by atoms with van der Waals surface area (Å²) in [6, 6.07) is 5.18. The van der Waals surface area contributed by atoms with Gasteiger partial charge in [-0.05, 0) is 31.5 Å². The minimum absolute atomic E-state index is 0.238. The van der Waals surface area contributed by atoms with Gasteiger partial charge in [0.2, 0.25) is 0 Å². The second-order valence-electron chi connectivity index (χ2n) is 5.10. The summed E-state index contributed by atoms with van der Waals surface area (Å²) in [5, 5.41) is 3.95. The summed E-state index contributed by atoms with van der Waals surface area (Å²) in [5.41, 5.74) is 2.15. The van der Waals surface area contributed by atoms with Gasteiger partial charge < -0.3 is 4.57 Å². The lowest BCUT2D eigenvalue weighted by Crippen LogP contribution is -2.11. The maximum atomic E-state index is 13.7. The second kappa shape index (κ2) is 5.48. The monoisotopic (exact) mass is 306 g/mol. The van der Waals surface area contributed by atoms with Gasteiger partial charge >= 0.3 is 0 Å². The molecule has 1 aromatic carbocycles. The van der Waals surface area contributed by atoms with E-state index in [0.717, 1.165) is 11.3 Å². The van der Waals surface area contributed by atoms with Gasteiger partial charge in [0.15, 0.2) is 0 Å². The van der Waals surface area contributed by atoms with Crippen molar-refractivity contribution in [2.75, 3.05) is 0 Å². The lowest BCUT2D eigenvalue weighted by molar-refractivity contribution is 0.528. The first kappa shape index (κ1) is 14.1. The average molecular weight is 307 g/mol. The van der Waals surface area contributed by atoms with Gasteiger partial charge in [0.05, 0.1) is 23.0 Å². The highest BCUT2D eigenvalue weighted by molar-refractivity contribution is 6.20. The van der Waals surface area contributed by atoms with Crippen LogP contribution in [0.4, 0.5) is 4.39 Å². The number of rotatable bonds is 4. The number of halogens is 2. The van der Waals surface area contributed by atoms with Crippen LogP contribution < -0.4 is 0 Å². The summed E-state index contributed by atoms with van der Waals surface area (Å²) in [5.74, 6) is 0.511. The molecule has 0 radical (unpaired) electrons. The standard InChI is InChI=1S/C15H16ClFN4/c1-10-8-14-13(9-12(10)17)19-15(11(2)16)21(14)7-6-20-5-3-4-18-20/h3-5,8-9,11H,6-7H2,1-2H3. The van der Waals surface area contributed by atoms with Crippen LogP contribution in [-0.2, 0) is 13.1 Å². The molecule has 2 aromatic heterocycles. The fourth-order valence-electron chi connectivity index (χ4n) is 2.44. The first-order valence-electron chi connectivity index (χ1n) is 6.84. The summed E-state index contributed by atoms with van der Waals surface area (Å²) >= 11 is 6.22. The molecule has 2 heterocycles. The van der Waals surface area contributed by atoms with Crippen molar-refractivity contribution in [1.29, 1.82) is 0 Å². The highest BCUT2D eigenvalue weighted by atomic mass is 35.5. The van der Waals surface area contributed by atoms with Gasteiger partial charge in [-0.15, -0.1) is 11.6 Å². The molecular weight excluding hydrogens is 291 g/mol. The molecule has 0 spiro atoms. The second-order valence-corrected chi connectivity index (χ2v) is 5.75. The Balaban J connectivity index is 2.04. The number of fused-ring (bicyclic) bond motifs is 1. The number of nitrogens with zero attached hydrogens (tertiary/aromatic N) is 4. The third-order valence-electron chi connectivity index (χ3n) is 3.53. The van der Waals surface area contributed by atoms with Gasteiger partial charge in [-0.25, -0.2) is 9.37 Å². The van der Waals surface area contributed by atoms with Crippen molar-refractivity contribution in [3.8, 4) is 0 Å². The highest BCUT2D eigenvalue weighted by Gasteiger charge is 2.16. The van der Waals surface area contributed by atoms with Crippen LogP contribution in [0.25, 0.3) is 11.0 Å². The smallest absolute Gasteiger partial charge is 0.128 e. The van der Waals surface area contributed by atoms with Crippen molar-refractivity contribution < 1.29 is 4.39 Å². The van der Waals surface area contributed by atoms with E-state index in [1.54, 1.807) is 13.1 Å². The van der Waals surface area contributed by atoms with Gasteiger partial charge in [-0.3, -0.25) is 4.68 Å². The van der Waals surface area contributed by atoms with Crippen molar-refractivity contribution >= 4 is 22.6 Å². The van der Waals surface area contributed by atoms with Crippen molar-refractivity contribution in [2.24, 2.45) is 0 Å². The molecule has 3 aromatic rings. The molecule has 21 heavy (non-hydrogen) atoms. The quantitative estimate of drug-likeness (QED) is 0.689. The maximum Gasteiger partial charge on any atom is 0.128 e. The van der Waals surface area contributed by atoms with Gasteiger partial charge in [-0.1, -0.05) is 0 Å². The Labute approximate surface area is 127 Å². The molecule has 6 heteroatoms. The lowest BCUT2D eigenvalue weighted by atomic mass is 10.2. The SMILES string of the molecule is Cc1cc2c(cc1F)nc(C(C)Cl)n2CCn1cccn1. The van der Waals surface area contributed by atoms with Gasteiger partial charge in [-0.2, -0.15) is 5.10 Å². The van der Waals surface area contributed by atoms with E-state index in [1.165, 1.54) is 6.07 Å². The first-order chi connectivity index (χ1) is 10.1. The lowest BCUT2D eigenvalue weighted by Gasteiger charge is -2.11. The maximum absolute atomic E-state index is 13.7. The topological polar surface area (TPSA) is 35.6 Å². The number of hydrogen-bond acceptors (Lipinski definition) is 2. The zero-order valence-electron chi connectivity index (χ0n) is 11.9. The Morgan fingerprint density at radius 2 is 2.14 bits per heavy atom. The molecular formula is C15H16ClFN4. The predicted molar refractivity (Wildman–Crippen MR) is 80.9 cm³/mol. The third kappa shape index (κ3) is 2.65. The molecule has 3 rings (SSSR count). The van der Waals surface area contributed by atoms with E-state index < -0.39 is 0 Å². The molecule has 0 N–H and O–H groups in total. The molecule has 0 fully saturated rings. The van der Waals surface area contributed by atoms with E-state index in [-0.39, 0.29) is 11.2 Å². The first-order valence-corrected chi connectivity index (χ1v) is 7.27. The molecule has 0 aliphatic carbocycles. The summed E-state index contributed by atoms with van der Waals surface area (Å²) < 4.78 is 17.6. The number of imidazole rings is 1. The average Bonchev–Trinajstić information content (AvgIpc) is 3.05. The minimum atomic E-state index is -0.243. The van der Waals surface area contributed by atoms with E-state index in [4.69, 9.17) is 11.6 Å². The Morgan fingerprint density at radius 1 is 1.33 bits per heavy atom. The molecule has 110 valence electrons. The molecule has 1 unspecified atom stereocenters. The van der Waals surface area contributed by atoms with Crippen molar-refractivity contribution in [3.05, 3.63) is 47.8 Å². The largest absolute Gasteiger partial charge is 0.325 e. The van der Waals surface area contributed by atoms with Crippen LogP contribution in [0, 0.1) is 12.7 Å². The van der Waals surface area contributed by atoms with Gasteiger partial charge in [0.1, 0.15) is 11.6 Å². The molecule has 0 aliphatic heterocycles. The Hall–Kier alpha value is -1.88. The summed E-state index contributed by atoms with van der Waals surface area (Å²) in [6.07, 6.45) is 3.66. The molecule has 0 saturated carbocycles. The third-order valence-corrected chi connectivity index (χ3v) is 3.72. The number of aryl methyl sites for hydroxylation is 3.